The summed E-state index contributed by atoms with van der Waals surface area (Å²) in [4.78, 5) is 4.29. The van der Waals surface area contributed by atoms with Gasteiger partial charge in [-0.25, -0.2) is 0 Å². The van der Waals surface area contributed by atoms with E-state index >= 15 is 0 Å². The molecule has 112 valence electrons. The van der Waals surface area contributed by atoms with Crippen molar-refractivity contribution in [2.75, 3.05) is 6.61 Å². The van der Waals surface area contributed by atoms with E-state index in [2.05, 4.69) is 28.3 Å². The second-order valence-corrected chi connectivity index (χ2v) is 5.73. The normalized spacial score (nSPS) is 17.7. The first kappa shape index (κ1) is 13.4. The number of benzene rings is 1. The van der Waals surface area contributed by atoms with E-state index in [9.17, 15) is 5.11 Å². The van der Waals surface area contributed by atoms with Gasteiger partial charge in [-0.05, 0) is 24.1 Å². The minimum atomic E-state index is -0.598. The summed E-state index contributed by atoms with van der Waals surface area (Å²) in [5.41, 5.74) is 6.08. The van der Waals surface area contributed by atoms with E-state index in [4.69, 9.17) is 4.74 Å². The lowest BCUT2D eigenvalue weighted by atomic mass is 9.94. The van der Waals surface area contributed by atoms with Gasteiger partial charge in [-0.2, -0.15) is 5.10 Å². The van der Waals surface area contributed by atoms with Crippen LogP contribution in [0.1, 0.15) is 22.9 Å². The van der Waals surface area contributed by atoms with Crippen molar-refractivity contribution in [3.05, 3.63) is 47.4 Å². The molecule has 3 heterocycles. The molecule has 1 atom stereocenters. The maximum absolute atomic E-state index is 10.1. The van der Waals surface area contributed by atoms with Crippen molar-refractivity contribution in [3.63, 3.8) is 0 Å². The first-order valence-corrected chi connectivity index (χ1v) is 7.31. The predicted molar refractivity (Wildman–Crippen MR) is 83.3 cm³/mol. The Balaban J connectivity index is 1.92. The molecular weight excluding hydrogens is 278 g/mol. The fourth-order valence-electron chi connectivity index (χ4n) is 3.17. The average Bonchev–Trinajstić information content (AvgIpc) is 2.81. The molecule has 0 saturated carbocycles. The van der Waals surface area contributed by atoms with Gasteiger partial charge in [-0.3, -0.25) is 9.67 Å². The Morgan fingerprint density at radius 1 is 1.32 bits per heavy atom. The number of ether oxygens (including phenoxy) is 1. The Morgan fingerprint density at radius 2 is 2.18 bits per heavy atom. The Hall–Kier alpha value is -2.24. The summed E-state index contributed by atoms with van der Waals surface area (Å²) in [5.74, 6) is 0. The van der Waals surface area contributed by atoms with Gasteiger partial charge >= 0.3 is 0 Å². The Bertz CT molecular complexity index is 870. The van der Waals surface area contributed by atoms with Gasteiger partial charge in [-0.1, -0.05) is 12.1 Å². The van der Waals surface area contributed by atoms with Gasteiger partial charge in [0.2, 0.25) is 0 Å². The molecule has 1 aliphatic rings. The SMILES string of the molecule is Cc1nn(C)c2cc(-c3cncc4c3COCC4O)ccc12. The lowest BCUT2D eigenvalue weighted by molar-refractivity contribution is 0.00981. The van der Waals surface area contributed by atoms with Crippen molar-refractivity contribution in [3.8, 4) is 11.1 Å². The average molecular weight is 295 g/mol. The molecule has 2 aromatic heterocycles. The molecule has 0 radical (unpaired) electrons. The smallest absolute Gasteiger partial charge is 0.104 e. The summed E-state index contributed by atoms with van der Waals surface area (Å²) in [6.45, 7) is 2.85. The molecule has 0 amide bonds. The first-order valence-electron chi connectivity index (χ1n) is 7.31. The van der Waals surface area contributed by atoms with Crippen LogP contribution in [0.2, 0.25) is 0 Å². The van der Waals surface area contributed by atoms with E-state index in [1.165, 1.54) is 0 Å². The summed E-state index contributed by atoms with van der Waals surface area (Å²) >= 11 is 0. The van der Waals surface area contributed by atoms with Crippen LogP contribution in [0.4, 0.5) is 0 Å². The monoisotopic (exact) mass is 295 g/mol. The summed E-state index contributed by atoms with van der Waals surface area (Å²) < 4.78 is 7.38. The molecule has 0 aliphatic carbocycles. The molecule has 5 heteroatoms. The molecule has 0 bridgehead atoms. The first-order chi connectivity index (χ1) is 10.6. The minimum Gasteiger partial charge on any atom is -0.386 e. The number of hydrogen-bond donors (Lipinski definition) is 1. The zero-order valence-electron chi connectivity index (χ0n) is 12.6. The van der Waals surface area contributed by atoms with Crippen molar-refractivity contribution < 1.29 is 9.84 Å². The van der Waals surface area contributed by atoms with Gasteiger partial charge in [0, 0.05) is 36.0 Å². The van der Waals surface area contributed by atoms with E-state index in [0.717, 1.165) is 38.9 Å². The third-order valence-corrected chi connectivity index (χ3v) is 4.32. The fraction of sp³-hybridized carbons (Fsp3) is 0.294. The molecule has 4 rings (SSSR count). The van der Waals surface area contributed by atoms with E-state index in [1.807, 2.05) is 24.9 Å². The molecule has 5 nitrogen and oxygen atoms in total. The number of aryl methyl sites for hydroxylation is 2. The highest BCUT2D eigenvalue weighted by Crippen LogP contribution is 2.34. The van der Waals surface area contributed by atoms with E-state index in [-0.39, 0.29) is 0 Å². The lowest BCUT2D eigenvalue weighted by Gasteiger charge is -2.23. The molecule has 3 aromatic rings. The van der Waals surface area contributed by atoms with Crippen LogP contribution in [0, 0.1) is 6.92 Å². The molecule has 0 fully saturated rings. The second-order valence-electron chi connectivity index (χ2n) is 5.73. The van der Waals surface area contributed by atoms with Crippen LogP contribution in [0.3, 0.4) is 0 Å². The van der Waals surface area contributed by atoms with Crippen LogP contribution in [-0.4, -0.2) is 26.5 Å². The van der Waals surface area contributed by atoms with Gasteiger partial charge in [0.25, 0.3) is 0 Å². The molecule has 1 aliphatic heterocycles. The van der Waals surface area contributed by atoms with Crippen molar-refractivity contribution in [1.29, 1.82) is 0 Å². The highest BCUT2D eigenvalue weighted by Gasteiger charge is 2.22. The number of rotatable bonds is 1. The molecule has 22 heavy (non-hydrogen) atoms. The molecule has 0 spiro atoms. The van der Waals surface area contributed by atoms with Crippen LogP contribution < -0.4 is 0 Å². The van der Waals surface area contributed by atoms with Crippen molar-refractivity contribution in [2.24, 2.45) is 7.05 Å². The predicted octanol–water partition coefficient (Wildman–Crippen LogP) is 2.51. The summed E-state index contributed by atoms with van der Waals surface area (Å²) in [7, 11) is 1.95. The van der Waals surface area contributed by atoms with E-state index in [1.54, 1.807) is 6.20 Å². The topological polar surface area (TPSA) is 60.2 Å². The number of aromatic nitrogens is 3. The maximum Gasteiger partial charge on any atom is 0.104 e. The Kier molecular flexibility index (Phi) is 2.99. The number of aliphatic hydroxyl groups is 1. The highest BCUT2D eigenvalue weighted by atomic mass is 16.5. The van der Waals surface area contributed by atoms with Gasteiger partial charge in [0.05, 0.1) is 24.4 Å². The van der Waals surface area contributed by atoms with Gasteiger partial charge < -0.3 is 9.84 Å². The van der Waals surface area contributed by atoms with Crippen LogP contribution in [-0.2, 0) is 18.4 Å². The van der Waals surface area contributed by atoms with Crippen LogP contribution in [0.15, 0.2) is 30.6 Å². The lowest BCUT2D eigenvalue weighted by Crippen LogP contribution is -2.17. The second kappa shape index (κ2) is 4.90. The Morgan fingerprint density at radius 3 is 3.05 bits per heavy atom. The fourth-order valence-corrected chi connectivity index (χ4v) is 3.17. The van der Waals surface area contributed by atoms with Crippen LogP contribution in [0.25, 0.3) is 22.0 Å². The zero-order chi connectivity index (χ0) is 15.3. The van der Waals surface area contributed by atoms with Crippen molar-refractivity contribution >= 4 is 10.9 Å². The van der Waals surface area contributed by atoms with Gasteiger partial charge in [0.15, 0.2) is 0 Å². The Labute approximate surface area is 128 Å². The minimum absolute atomic E-state index is 0.331. The molecule has 0 saturated heterocycles. The summed E-state index contributed by atoms with van der Waals surface area (Å²) in [6.07, 6.45) is 2.97. The van der Waals surface area contributed by atoms with Gasteiger partial charge in [-0.15, -0.1) is 0 Å². The largest absolute Gasteiger partial charge is 0.386 e. The quantitative estimate of drug-likeness (QED) is 0.749. The number of fused-ring (bicyclic) bond motifs is 2. The summed E-state index contributed by atoms with van der Waals surface area (Å²) in [6, 6.07) is 6.29. The van der Waals surface area contributed by atoms with Crippen LogP contribution >= 0.6 is 0 Å². The van der Waals surface area contributed by atoms with Crippen molar-refractivity contribution in [2.45, 2.75) is 19.6 Å². The summed E-state index contributed by atoms with van der Waals surface area (Å²) in [5, 5.41) is 15.7. The number of nitrogens with zero attached hydrogens (tertiary/aromatic N) is 3. The van der Waals surface area contributed by atoms with Gasteiger partial charge in [0.1, 0.15) is 6.10 Å². The molecular formula is C17H17N3O2. The molecule has 1 aromatic carbocycles. The molecule has 1 N–H and O–H groups in total. The third kappa shape index (κ3) is 1.94. The van der Waals surface area contributed by atoms with Crippen molar-refractivity contribution in [1.82, 2.24) is 14.8 Å². The maximum atomic E-state index is 10.1. The highest BCUT2D eigenvalue weighted by molar-refractivity contribution is 5.87. The van der Waals surface area contributed by atoms with Crippen LogP contribution in [0.5, 0.6) is 0 Å². The van der Waals surface area contributed by atoms with E-state index < -0.39 is 6.10 Å². The third-order valence-electron chi connectivity index (χ3n) is 4.32. The number of pyridine rings is 1. The number of hydrogen-bond acceptors (Lipinski definition) is 4. The standard InChI is InChI=1S/C17H17N3O2/c1-10-12-4-3-11(5-16(12)20(2)19-10)13-6-18-7-14-15(13)8-22-9-17(14)21/h3-7,17,21H,8-9H2,1-2H3. The van der Waals surface area contributed by atoms with E-state index in [0.29, 0.717) is 13.2 Å². The zero-order valence-corrected chi connectivity index (χ0v) is 12.6. The number of aliphatic hydroxyl groups excluding tert-OH is 1. The molecule has 1 unspecified atom stereocenters.